The maximum atomic E-state index is 8.61. The molecule has 1 aromatic heterocycles. The van der Waals surface area contributed by atoms with Gasteiger partial charge in [-0.1, -0.05) is 0 Å². The predicted molar refractivity (Wildman–Crippen MR) is 60.6 cm³/mol. The Kier molecular flexibility index (Phi) is 5.36. The third-order valence-corrected chi connectivity index (χ3v) is 2.27. The lowest BCUT2D eigenvalue weighted by atomic mass is 10.3. The van der Waals surface area contributed by atoms with Crippen LogP contribution >= 0.6 is 0 Å². The van der Waals surface area contributed by atoms with Crippen LogP contribution in [0.15, 0.2) is 12.4 Å². The molecular weight excluding hydrogens is 190 g/mol. The first kappa shape index (κ1) is 12.2. The summed E-state index contributed by atoms with van der Waals surface area (Å²) < 4.78 is 1.96. The standard InChI is InChI=1S/C11H21N3O/c1-10(2)14-9-11(8-13-14)7-12-5-3-4-6-15/h8-10,12,15H,3-7H2,1-2H3. The minimum atomic E-state index is 0.285. The highest BCUT2D eigenvalue weighted by molar-refractivity contribution is 5.03. The first-order valence-electron chi connectivity index (χ1n) is 5.58. The van der Waals surface area contributed by atoms with Gasteiger partial charge in [-0.15, -0.1) is 0 Å². The van der Waals surface area contributed by atoms with E-state index in [9.17, 15) is 0 Å². The highest BCUT2D eigenvalue weighted by Gasteiger charge is 2.00. The molecule has 0 saturated heterocycles. The molecule has 1 aromatic rings. The highest BCUT2D eigenvalue weighted by atomic mass is 16.2. The van der Waals surface area contributed by atoms with E-state index in [1.807, 2.05) is 10.9 Å². The summed E-state index contributed by atoms with van der Waals surface area (Å²) in [5.74, 6) is 0. The molecule has 1 heterocycles. The molecule has 0 atom stereocenters. The average Bonchev–Trinajstić information content (AvgIpc) is 2.66. The van der Waals surface area contributed by atoms with Crippen molar-refractivity contribution in [2.24, 2.45) is 0 Å². The Labute approximate surface area is 91.3 Å². The smallest absolute Gasteiger partial charge is 0.0534 e. The van der Waals surface area contributed by atoms with Crippen molar-refractivity contribution in [2.45, 2.75) is 39.3 Å². The number of nitrogens with one attached hydrogen (secondary N) is 1. The van der Waals surface area contributed by atoms with Crippen LogP contribution in [0.2, 0.25) is 0 Å². The molecule has 0 fully saturated rings. The number of aliphatic hydroxyl groups excluding tert-OH is 1. The number of aliphatic hydroxyl groups is 1. The molecule has 0 amide bonds. The van der Waals surface area contributed by atoms with Gasteiger partial charge in [-0.3, -0.25) is 4.68 Å². The van der Waals surface area contributed by atoms with Crippen LogP contribution in [-0.2, 0) is 6.54 Å². The normalized spacial score (nSPS) is 11.2. The van der Waals surface area contributed by atoms with E-state index < -0.39 is 0 Å². The van der Waals surface area contributed by atoms with Crippen molar-refractivity contribution >= 4 is 0 Å². The van der Waals surface area contributed by atoms with E-state index in [4.69, 9.17) is 5.11 Å². The van der Waals surface area contributed by atoms with E-state index in [-0.39, 0.29) is 6.61 Å². The number of aromatic nitrogens is 2. The number of rotatable bonds is 7. The fourth-order valence-corrected chi connectivity index (χ4v) is 1.35. The fraction of sp³-hybridized carbons (Fsp3) is 0.727. The average molecular weight is 211 g/mol. The molecule has 86 valence electrons. The fourth-order valence-electron chi connectivity index (χ4n) is 1.35. The maximum absolute atomic E-state index is 8.61. The molecular formula is C11H21N3O. The van der Waals surface area contributed by atoms with Gasteiger partial charge in [0.2, 0.25) is 0 Å². The molecule has 0 saturated carbocycles. The van der Waals surface area contributed by atoms with Crippen LogP contribution in [0.25, 0.3) is 0 Å². The van der Waals surface area contributed by atoms with E-state index in [0.717, 1.165) is 25.9 Å². The quantitative estimate of drug-likeness (QED) is 0.669. The zero-order valence-corrected chi connectivity index (χ0v) is 9.61. The Morgan fingerprint density at radius 2 is 2.27 bits per heavy atom. The van der Waals surface area contributed by atoms with Crippen molar-refractivity contribution in [3.8, 4) is 0 Å². The lowest BCUT2D eigenvalue weighted by molar-refractivity contribution is 0.283. The first-order chi connectivity index (χ1) is 7.24. The van der Waals surface area contributed by atoms with Gasteiger partial charge in [0, 0.05) is 31.0 Å². The van der Waals surface area contributed by atoms with Gasteiger partial charge < -0.3 is 10.4 Å². The van der Waals surface area contributed by atoms with Gasteiger partial charge in [-0.05, 0) is 33.2 Å². The molecule has 4 nitrogen and oxygen atoms in total. The minimum absolute atomic E-state index is 0.285. The molecule has 4 heteroatoms. The lowest BCUT2D eigenvalue weighted by Gasteiger charge is -2.03. The largest absolute Gasteiger partial charge is 0.396 e. The summed E-state index contributed by atoms with van der Waals surface area (Å²) in [7, 11) is 0. The van der Waals surface area contributed by atoms with Crippen LogP contribution in [0.3, 0.4) is 0 Å². The molecule has 0 aliphatic rings. The molecule has 0 unspecified atom stereocenters. The summed E-state index contributed by atoms with van der Waals surface area (Å²) in [5, 5.41) is 16.2. The van der Waals surface area contributed by atoms with Crippen molar-refractivity contribution in [2.75, 3.05) is 13.2 Å². The minimum Gasteiger partial charge on any atom is -0.396 e. The molecule has 0 aromatic carbocycles. The maximum Gasteiger partial charge on any atom is 0.0534 e. The summed E-state index contributed by atoms with van der Waals surface area (Å²) in [5.41, 5.74) is 1.22. The molecule has 0 spiro atoms. The summed E-state index contributed by atoms with van der Waals surface area (Å²) in [4.78, 5) is 0. The SMILES string of the molecule is CC(C)n1cc(CNCCCCO)cn1. The lowest BCUT2D eigenvalue weighted by Crippen LogP contribution is -2.14. The van der Waals surface area contributed by atoms with E-state index in [1.54, 1.807) is 0 Å². The predicted octanol–water partition coefficient (Wildman–Crippen LogP) is 1.33. The van der Waals surface area contributed by atoms with Gasteiger partial charge in [0.1, 0.15) is 0 Å². The topological polar surface area (TPSA) is 50.1 Å². The Hall–Kier alpha value is -0.870. The van der Waals surface area contributed by atoms with Gasteiger partial charge in [-0.2, -0.15) is 5.10 Å². The molecule has 0 radical (unpaired) electrons. The van der Waals surface area contributed by atoms with Crippen LogP contribution in [0.4, 0.5) is 0 Å². The van der Waals surface area contributed by atoms with Gasteiger partial charge in [0.05, 0.1) is 6.20 Å². The molecule has 1 rings (SSSR count). The van der Waals surface area contributed by atoms with Crippen molar-refractivity contribution in [1.82, 2.24) is 15.1 Å². The van der Waals surface area contributed by atoms with E-state index >= 15 is 0 Å². The van der Waals surface area contributed by atoms with E-state index in [1.165, 1.54) is 5.56 Å². The van der Waals surface area contributed by atoms with Crippen LogP contribution < -0.4 is 5.32 Å². The second-order valence-corrected chi connectivity index (χ2v) is 4.03. The zero-order valence-electron chi connectivity index (χ0n) is 9.61. The molecule has 15 heavy (non-hydrogen) atoms. The summed E-state index contributed by atoms with van der Waals surface area (Å²) in [6, 6.07) is 0.424. The Balaban J connectivity index is 2.20. The van der Waals surface area contributed by atoms with Gasteiger partial charge in [0.15, 0.2) is 0 Å². The summed E-state index contributed by atoms with van der Waals surface area (Å²) in [6.07, 6.45) is 5.87. The number of nitrogens with zero attached hydrogens (tertiary/aromatic N) is 2. The summed E-state index contributed by atoms with van der Waals surface area (Å²) in [6.45, 7) is 6.33. The molecule has 2 N–H and O–H groups in total. The van der Waals surface area contributed by atoms with Gasteiger partial charge in [0.25, 0.3) is 0 Å². The third kappa shape index (κ3) is 4.44. The zero-order chi connectivity index (χ0) is 11.1. The molecule has 0 bridgehead atoms. The van der Waals surface area contributed by atoms with E-state index in [2.05, 4.69) is 30.5 Å². The molecule has 0 aliphatic heterocycles. The number of hydrogen-bond acceptors (Lipinski definition) is 3. The van der Waals surface area contributed by atoms with Gasteiger partial charge in [-0.25, -0.2) is 0 Å². The second kappa shape index (κ2) is 6.58. The highest BCUT2D eigenvalue weighted by Crippen LogP contribution is 2.04. The number of hydrogen-bond donors (Lipinski definition) is 2. The van der Waals surface area contributed by atoms with Crippen LogP contribution in [0.1, 0.15) is 38.3 Å². The molecule has 0 aliphatic carbocycles. The van der Waals surface area contributed by atoms with Crippen molar-refractivity contribution in [3.05, 3.63) is 18.0 Å². The van der Waals surface area contributed by atoms with Gasteiger partial charge >= 0.3 is 0 Å². The monoisotopic (exact) mass is 211 g/mol. The van der Waals surface area contributed by atoms with Crippen molar-refractivity contribution in [1.29, 1.82) is 0 Å². The van der Waals surface area contributed by atoms with Crippen LogP contribution in [0.5, 0.6) is 0 Å². The third-order valence-electron chi connectivity index (χ3n) is 2.27. The first-order valence-corrected chi connectivity index (χ1v) is 5.58. The Bertz CT molecular complexity index is 271. The Morgan fingerprint density at radius 3 is 2.87 bits per heavy atom. The van der Waals surface area contributed by atoms with E-state index in [0.29, 0.717) is 6.04 Å². The second-order valence-electron chi connectivity index (χ2n) is 4.03. The van der Waals surface area contributed by atoms with Crippen LogP contribution in [0, 0.1) is 0 Å². The summed E-state index contributed by atoms with van der Waals surface area (Å²) >= 11 is 0. The van der Waals surface area contributed by atoms with Crippen LogP contribution in [-0.4, -0.2) is 28.0 Å². The van der Waals surface area contributed by atoms with Crippen molar-refractivity contribution in [3.63, 3.8) is 0 Å². The number of unbranched alkanes of at least 4 members (excludes halogenated alkanes) is 1. The Morgan fingerprint density at radius 1 is 1.47 bits per heavy atom. The van der Waals surface area contributed by atoms with Crippen molar-refractivity contribution < 1.29 is 5.11 Å².